The number of piperazine rings is 1. The van der Waals surface area contributed by atoms with Crippen LogP contribution in [0, 0.1) is 0 Å². The summed E-state index contributed by atoms with van der Waals surface area (Å²) in [6.07, 6.45) is 3.71. The van der Waals surface area contributed by atoms with Crippen LogP contribution < -0.4 is 0 Å². The highest BCUT2D eigenvalue weighted by Crippen LogP contribution is 2.23. The van der Waals surface area contributed by atoms with E-state index >= 15 is 0 Å². The van der Waals surface area contributed by atoms with Crippen molar-refractivity contribution in [3.05, 3.63) is 66.1 Å². The van der Waals surface area contributed by atoms with Crippen LogP contribution in [-0.2, 0) is 10.5 Å². The fraction of sp³-hybridized carbons (Fsp3) is 0.375. The summed E-state index contributed by atoms with van der Waals surface area (Å²) in [5.74, 6) is 0.757. The number of fused-ring (bicyclic) bond motifs is 1. The van der Waals surface area contributed by atoms with Crippen molar-refractivity contribution in [1.82, 2.24) is 19.2 Å². The summed E-state index contributed by atoms with van der Waals surface area (Å²) in [5.41, 5.74) is 2.10. The third-order valence-electron chi connectivity index (χ3n) is 5.12. The molecule has 168 valence electrons. The maximum Gasteiger partial charge on any atom is 0.410 e. The molecule has 0 aliphatic carbocycles. The number of hydrogen-bond donors (Lipinski definition) is 0. The zero-order valence-electron chi connectivity index (χ0n) is 18.7. The van der Waals surface area contributed by atoms with E-state index in [2.05, 4.69) is 4.98 Å². The van der Waals surface area contributed by atoms with Crippen molar-refractivity contribution in [2.24, 2.45) is 0 Å². The molecule has 0 bridgehead atoms. The van der Waals surface area contributed by atoms with E-state index in [1.807, 2.05) is 80.0 Å². The van der Waals surface area contributed by atoms with Gasteiger partial charge in [-0.15, -0.1) is 11.8 Å². The minimum absolute atomic E-state index is 0.00857. The van der Waals surface area contributed by atoms with Crippen LogP contribution in [0.3, 0.4) is 0 Å². The van der Waals surface area contributed by atoms with Crippen LogP contribution in [0.4, 0.5) is 4.79 Å². The second-order valence-corrected chi connectivity index (χ2v) is 9.82. The predicted octanol–water partition coefficient (Wildman–Crippen LogP) is 4.32. The summed E-state index contributed by atoms with van der Waals surface area (Å²) < 4.78 is 7.43. The summed E-state index contributed by atoms with van der Waals surface area (Å²) >= 11 is 1.69. The molecular weight excluding hydrogens is 424 g/mol. The van der Waals surface area contributed by atoms with Gasteiger partial charge in [0.25, 0.3) is 5.91 Å². The van der Waals surface area contributed by atoms with Gasteiger partial charge in [0.2, 0.25) is 0 Å². The second kappa shape index (κ2) is 9.24. The average Bonchev–Trinajstić information content (AvgIpc) is 3.20. The molecule has 2 aromatic heterocycles. The number of carbonyl (C=O) groups is 2. The van der Waals surface area contributed by atoms with E-state index in [1.54, 1.807) is 21.6 Å². The normalized spacial score (nSPS) is 14.6. The third kappa shape index (κ3) is 5.43. The Morgan fingerprint density at radius 3 is 2.34 bits per heavy atom. The number of hydrogen-bond acceptors (Lipinski definition) is 5. The maximum absolute atomic E-state index is 12.9. The molecule has 3 heterocycles. The lowest BCUT2D eigenvalue weighted by atomic mass is 10.2. The van der Waals surface area contributed by atoms with Crippen LogP contribution in [0.5, 0.6) is 0 Å². The molecule has 1 aliphatic heterocycles. The Bertz CT molecular complexity index is 1060. The minimum atomic E-state index is -0.519. The van der Waals surface area contributed by atoms with Crippen LogP contribution in [0.2, 0.25) is 0 Å². The quantitative estimate of drug-likeness (QED) is 0.552. The molecule has 3 aromatic rings. The van der Waals surface area contributed by atoms with Gasteiger partial charge in [-0.2, -0.15) is 0 Å². The molecule has 0 spiro atoms. The molecule has 0 radical (unpaired) electrons. The molecule has 0 atom stereocenters. The first kappa shape index (κ1) is 22.2. The van der Waals surface area contributed by atoms with Gasteiger partial charge in [0, 0.05) is 54.8 Å². The second-order valence-electron chi connectivity index (χ2n) is 8.77. The van der Waals surface area contributed by atoms with E-state index in [0.717, 1.165) is 22.0 Å². The van der Waals surface area contributed by atoms with E-state index in [0.29, 0.717) is 31.7 Å². The lowest BCUT2D eigenvalue weighted by molar-refractivity contribution is 0.0141. The summed E-state index contributed by atoms with van der Waals surface area (Å²) in [6, 6.07) is 13.6. The average molecular weight is 453 g/mol. The fourth-order valence-electron chi connectivity index (χ4n) is 3.51. The molecule has 1 aliphatic rings. The van der Waals surface area contributed by atoms with Crippen molar-refractivity contribution in [3.63, 3.8) is 0 Å². The first-order valence-electron chi connectivity index (χ1n) is 10.7. The summed E-state index contributed by atoms with van der Waals surface area (Å²) in [5, 5.41) is 0. The number of carbonyl (C=O) groups excluding carboxylic acids is 2. The Labute approximate surface area is 192 Å². The first-order valence-corrected chi connectivity index (χ1v) is 11.7. The number of rotatable bonds is 4. The van der Waals surface area contributed by atoms with E-state index in [1.165, 1.54) is 0 Å². The highest BCUT2D eigenvalue weighted by Gasteiger charge is 2.28. The zero-order valence-corrected chi connectivity index (χ0v) is 19.5. The van der Waals surface area contributed by atoms with Crippen molar-refractivity contribution in [2.75, 3.05) is 26.2 Å². The highest BCUT2D eigenvalue weighted by molar-refractivity contribution is 7.98. The SMILES string of the molecule is CC(C)(C)OC(=O)N1CCN(C(=O)c2ccc(SCc3cn4ccccc4n3)cc2)CC1. The largest absolute Gasteiger partial charge is 0.444 e. The van der Waals surface area contributed by atoms with Crippen LogP contribution in [0.1, 0.15) is 36.8 Å². The van der Waals surface area contributed by atoms with Crippen LogP contribution in [0.25, 0.3) is 5.65 Å². The van der Waals surface area contributed by atoms with E-state index < -0.39 is 5.60 Å². The van der Waals surface area contributed by atoms with Gasteiger partial charge in [0.1, 0.15) is 11.2 Å². The predicted molar refractivity (Wildman–Crippen MR) is 125 cm³/mol. The Morgan fingerprint density at radius 2 is 1.69 bits per heavy atom. The van der Waals surface area contributed by atoms with Crippen molar-refractivity contribution in [3.8, 4) is 0 Å². The van der Waals surface area contributed by atoms with Crippen molar-refractivity contribution >= 4 is 29.4 Å². The van der Waals surface area contributed by atoms with Gasteiger partial charge in [-0.25, -0.2) is 9.78 Å². The van der Waals surface area contributed by atoms with Crippen LogP contribution >= 0.6 is 11.8 Å². The van der Waals surface area contributed by atoms with Gasteiger partial charge >= 0.3 is 6.09 Å². The molecule has 2 amide bonds. The smallest absolute Gasteiger partial charge is 0.410 e. The fourth-order valence-corrected chi connectivity index (χ4v) is 4.29. The summed E-state index contributed by atoms with van der Waals surface area (Å²) in [4.78, 5) is 34.2. The first-order chi connectivity index (χ1) is 15.3. The van der Waals surface area contributed by atoms with Crippen molar-refractivity contribution in [2.45, 2.75) is 37.0 Å². The molecule has 0 N–H and O–H groups in total. The molecular formula is C24H28N4O3S. The molecule has 32 heavy (non-hydrogen) atoms. The molecule has 0 unspecified atom stereocenters. The van der Waals surface area contributed by atoms with Crippen molar-refractivity contribution < 1.29 is 14.3 Å². The zero-order chi connectivity index (χ0) is 22.7. The summed E-state index contributed by atoms with van der Waals surface area (Å²) in [6.45, 7) is 7.52. The number of amides is 2. The molecule has 1 aromatic carbocycles. The molecule has 1 fully saturated rings. The van der Waals surface area contributed by atoms with E-state index in [-0.39, 0.29) is 12.0 Å². The molecule has 7 nitrogen and oxygen atoms in total. The summed E-state index contributed by atoms with van der Waals surface area (Å²) in [7, 11) is 0. The Hall–Kier alpha value is -3.00. The Morgan fingerprint density at radius 1 is 1.00 bits per heavy atom. The molecule has 4 rings (SSSR count). The van der Waals surface area contributed by atoms with Crippen LogP contribution in [-0.4, -0.2) is 63.0 Å². The lowest BCUT2D eigenvalue weighted by Gasteiger charge is -2.35. The molecule has 1 saturated heterocycles. The number of benzene rings is 1. The third-order valence-corrected chi connectivity index (χ3v) is 6.17. The van der Waals surface area contributed by atoms with Gasteiger partial charge in [-0.3, -0.25) is 4.79 Å². The van der Waals surface area contributed by atoms with Gasteiger partial charge in [-0.1, -0.05) is 6.07 Å². The number of ether oxygens (including phenoxy) is 1. The van der Waals surface area contributed by atoms with Crippen LogP contribution in [0.15, 0.2) is 59.8 Å². The Balaban J connectivity index is 1.29. The number of pyridine rings is 1. The minimum Gasteiger partial charge on any atom is -0.444 e. The topological polar surface area (TPSA) is 67.2 Å². The number of thioether (sulfide) groups is 1. The number of nitrogens with zero attached hydrogens (tertiary/aromatic N) is 4. The van der Waals surface area contributed by atoms with Gasteiger partial charge in [0.15, 0.2) is 0 Å². The standard InChI is InChI=1S/C24H28N4O3S/c1-24(2,3)31-23(30)27-14-12-26(13-15-27)22(29)18-7-9-20(10-8-18)32-17-19-16-28-11-5-4-6-21(28)25-19/h4-11,16H,12-15,17H2,1-3H3. The van der Waals surface area contributed by atoms with E-state index in [9.17, 15) is 9.59 Å². The highest BCUT2D eigenvalue weighted by atomic mass is 32.2. The Kier molecular flexibility index (Phi) is 6.41. The lowest BCUT2D eigenvalue weighted by Crippen LogP contribution is -2.51. The van der Waals surface area contributed by atoms with Gasteiger partial charge in [0.05, 0.1) is 5.69 Å². The van der Waals surface area contributed by atoms with Crippen molar-refractivity contribution in [1.29, 1.82) is 0 Å². The van der Waals surface area contributed by atoms with Gasteiger partial charge in [-0.05, 0) is 57.2 Å². The monoisotopic (exact) mass is 452 g/mol. The number of imidazole rings is 1. The number of aromatic nitrogens is 2. The van der Waals surface area contributed by atoms with E-state index in [4.69, 9.17) is 4.74 Å². The molecule has 0 saturated carbocycles. The molecule has 8 heteroatoms. The van der Waals surface area contributed by atoms with Gasteiger partial charge < -0.3 is 18.9 Å². The maximum atomic E-state index is 12.9.